The van der Waals surface area contributed by atoms with Crippen LogP contribution in [0.4, 0.5) is 15.9 Å². The molecule has 2 aliphatic heterocycles. The summed E-state index contributed by atoms with van der Waals surface area (Å²) in [5.74, 6) is 0.530. The lowest BCUT2D eigenvalue weighted by molar-refractivity contribution is -0.126. The molecule has 1 saturated carbocycles. The zero-order valence-corrected chi connectivity index (χ0v) is 25.3. The van der Waals surface area contributed by atoms with Gasteiger partial charge in [-0.1, -0.05) is 38.1 Å². The standard InChI is InChI=1S/C31H29ClFN7O2S/c1-4-24(41)38-11-12-39(22-15-21(22)38)29-17-14-18(32)27-25-19(33)6-5-7-20(25)34-10-13-43-23-8-9-35-26(16(2)3)28(23)40(30(17)36-27)31(42)37-29/h4-9,14,16,21-22,34H,1,10-13,15H2,2-3H3/t21-,22+/m0/s1. The topological polar surface area (TPSA) is 96.3 Å². The van der Waals surface area contributed by atoms with Gasteiger partial charge in [0.2, 0.25) is 5.91 Å². The molecule has 4 aromatic rings. The lowest BCUT2D eigenvalue weighted by Crippen LogP contribution is -2.49. The van der Waals surface area contributed by atoms with Crippen molar-refractivity contribution >= 4 is 51.8 Å². The number of aromatic nitrogens is 4. The van der Waals surface area contributed by atoms with Gasteiger partial charge in [-0.3, -0.25) is 9.78 Å². The second-order valence-electron chi connectivity index (χ2n) is 11.2. The van der Waals surface area contributed by atoms with Crippen molar-refractivity contribution in [1.29, 1.82) is 0 Å². The Hall–Kier alpha value is -3.96. The van der Waals surface area contributed by atoms with Crippen LogP contribution < -0.4 is 15.9 Å². The van der Waals surface area contributed by atoms with E-state index in [4.69, 9.17) is 16.6 Å². The molecule has 2 atom stereocenters. The molecule has 1 N–H and O–H groups in total. The molecular weight excluding hydrogens is 589 g/mol. The highest BCUT2D eigenvalue weighted by Gasteiger charge is 2.51. The summed E-state index contributed by atoms with van der Waals surface area (Å²) in [4.78, 5) is 45.7. The molecule has 0 unspecified atom stereocenters. The molecule has 1 aliphatic carbocycles. The van der Waals surface area contributed by atoms with Crippen LogP contribution in [0.25, 0.3) is 28.0 Å². The predicted octanol–water partition coefficient (Wildman–Crippen LogP) is 5.25. The normalized spacial score (nSPS) is 19.2. The van der Waals surface area contributed by atoms with Gasteiger partial charge in [0.05, 0.1) is 45.1 Å². The number of nitrogens with one attached hydrogen (secondary N) is 1. The van der Waals surface area contributed by atoms with Crippen LogP contribution in [0.1, 0.15) is 31.9 Å². The van der Waals surface area contributed by atoms with Crippen molar-refractivity contribution in [3.8, 4) is 16.9 Å². The van der Waals surface area contributed by atoms with Crippen LogP contribution >= 0.6 is 23.4 Å². The fraction of sp³-hybridized carbons (Fsp3) is 0.323. The van der Waals surface area contributed by atoms with Crippen LogP contribution in [-0.2, 0) is 4.79 Å². The Morgan fingerprint density at radius 3 is 2.86 bits per heavy atom. The van der Waals surface area contributed by atoms with Crippen molar-refractivity contribution in [2.45, 2.75) is 43.2 Å². The van der Waals surface area contributed by atoms with E-state index in [9.17, 15) is 9.59 Å². The zero-order valence-electron chi connectivity index (χ0n) is 23.7. The van der Waals surface area contributed by atoms with Crippen molar-refractivity contribution in [1.82, 2.24) is 24.4 Å². The number of halogens is 2. The number of fused-ring (bicyclic) bond motifs is 6. The van der Waals surface area contributed by atoms with Crippen LogP contribution in [0.2, 0.25) is 5.02 Å². The van der Waals surface area contributed by atoms with Gasteiger partial charge in [-0.25, -0.2) is 18.7 Å². The smallest absolute Gasteiger partial charge is 0.355 e. The van der Waals surface area contributed by atoms with E-state index in [1.807, 2.05) is 24.8 Å². The van der Waals surface area contributed by atoms with E-state index in [0.29, 0.717) is 53.6 Å². The van der Waals surface area contributed by atoms with Crippen molar-refractivity contribution in [2.24, 2.45) is 0 Å². The van der Waals surface area contributed by atoms with E-state index in [-0.39, 0.29) is 40.2 Å². The number of hydrogen-bond donors (Lipinski definition) is 1. The third-order valence-electron chi connectivity index (χ3n) is 8.25. The molecule has 43 heavy (non-hydrogen) atoms. The molecule has 5 heterocycles. The minimum Gasteiger partial charge on any atom is -0.384 e. The number of piperazine rings is 1. The van der Waals surface area contributed by atoms with Crippen LogP contribution in [-0.4, -0.2) is 67.8 Å². The third kappa shape index (κ3) is 4.56. The lowest BCUT2D eigenvalue weighted by atomic mass is 10.1. The van der Waals surface area contributed by atoms with Crippen LogP contribution in [0.5, 0.6) is 0 Å². The number of thioether (sulfide) groups is 1. The first kappa shape index (κ1) is 27.8. The number of nitrogens with zero attached hydrogens (tertiary/aromatic N) is 6. The molecule has 1 amide bonds. The Kier molecular flexibility index (Phi) is 6.89. The maximum absolute atomic E-state index is 15.5. The number of pyridine rings is 2. The summed E-state index contributed by atoms with van der Waals surface area (Å²) >= 11 is 8.50. The zero-order chi connectivity index (χ0) is 30.0. The first-order valence-electron chi connectivity index (χ1n) is 14.3. The van der Waals surface area contributed by atoms with Gasteiger partial charge in [-0.2, -0.15) is 4.98 Å². The van der Waals surface area contributed by atoms with Gasteiger partial charge in [0, 0.05) is 42.2 Å². The van der Waals surface area contributed by atoms with Gasteiger partial charge in [-0.15, -0.1) is 11.8 Å². The summed E-state index contributed by atoms with van der Waals surface area (Å²) < 4.78 is 17.0. The van der Waals surface area contributed by atoms with Crippen molar-refractivity contribution in [3.63, 3.8) is 0 Å². The number of rotatable bonds is 3. The summed E-state index contributed by atoms with van der Waals surface area (Å²) in [6.07, 6.45) is 3.85. The molecule has 7 rings (SSSR count). The molecule has 2 bridgehead atoms. The molecular formula is C31H29ClFN7O2S. The maximum atomic E-state index is 15.5. The van der Waals surface area contributed by atoms with E-state index >= 15 is 4.39 Å². The summed E-state index contributed by atoms with van der Waals surface area (Å²) in [7, 11) is 0. The largest absolute Gasteiger partial charge is 0.384 e. The second kappa shape index (κ2) is 10.6. The predicted molar refractivity (Wildman–Crippen MR) is 168 cm³/mol. The Bertz CT molecular complexity index is 1880. The van der Waals surface area contributed by atoms with Gasteiger partial charge in [0.1, 0.15) is 11.6 Å². The third-order valence-corrected chi connectivity index (χ3v) is 9.59. The molecule has 3 aromatic heterocycles. The van der Waals surface area contributed by atoms with Crippen molar-refractivity contribution in [3.05, 3.63) is 76.2 Å². The summed E-state index contributed by atoms with van der Waals surface area (Å²) in [6, 6.07) is 8.47. The number of hydrogen-bond acceptors (Lipinski definition) is 8. The van der Waals surface area contributed by atoms with Crippen LogP contribution in [0.3, 0.4) is 0 Å². The monoisotopic (exact) mass is 617 g/mol. The highest BCUT2D eigenvalue weighted by molar-refractivity contribution is 7.99. The van der Waals surface area contributed by atoms with Gasteiger partial charge < -0.3 is 15.1 Å². The van der Waals surface area contributed by atoms with Gasteiger partial charge >= 0.3 is 5.69 Å². The molecule has 0 spiro atoms. The Morgan fingerprint density at radius 2 is 2.07 bits per heavy atom. The van der Waals surface area contributed by atoms with Gasteiger partial charge in [0.25, 0.3) is 0 Å². The molecule has 3 aliphatic rings. The van der Waals surface area contributed by atoms with E-state index < -0.39 is 11.5 Å². The summed E-state index contributed by atoms with van der Waals surface area (Å²) in [6.45, 7) is 9.19. The number of amides is 1. The minimum atomic E-state index is -0.509. The number of carbonyl (C=O) groups is 1. The van der Waals surface area contributed by atoms with Crippen LogP contribution in [0, 0.1) is 5.82 Å². The van der Waals surface area contributed by atoms with E-state index in [1.165, 1.54) is 16.7 Å². The SMILES string of the molecule is C=CC(=O)N1CCN(c2nc(=O)n3c4nc(c(Cl)cc24)-c2c(F)cccc2NCCSc2ccnc(C(C)C)c2-3)[C@@H]2C[C@@H]21. The number of benzene rings is 1. The molecule has 12 heteroatoms. The highest BCUT2D eigenvalue weighted by atomic mass is 35.5. The highest BCUT2D eigenvalue weighted by Crippen LogP contribution is 2.43. The van der Waals surface area contributed by atoms with Crippen molar-refractivity contribution in [2.75, 3.05) is 35.6 Å². The van der Waals surface area contributed by atoms with Gasteiger partial charge in [-0.05, 0) is 42.7 Å². The molecule has 1 saturated heterocycles. The summed E-state index contributed by atoms with van der Waals surface area (Å²) in [5, 5.41) is 4.16. The Morgan fingerprint density at radius 1 is 1.23 bits per heavy atom. The molecule has 1 aromatic carbocycles. The molecule has 2 fully saturated rings. The van der Waals surface area contributed by atoms with E-state index in [2.05, 4.69) is 26.8 Å². The quantitative estimate of drug-likeness (QED) is 0.312. The first-order valence-corrected chi connectivity index (χ1v) is 15.6. The molecule has 220 valence electrons. The number of anilines is 2. The lowest BCUT2D eigenvalue weighted by Gasteiger charge is -2.35. The first-order chi connectivity index (χ1) is 20.8. The van der Waals surface area contributed by atoms with Crippen LogP contribution in [0.15, 0.2) is 58.9 Å². The maximum Gasteiger partial charge on any atom is 0.355 e. The average Bonchev–Trinajstić information content (AvgIpc) is 3.79. The average molecular weight is 618 g/mol. The Balaban J connectivity index is 1.53. The van der Waals surface area contributed by atoms with E-state index in [0.717, 1.165) is 17.0 Å². The van der Waals surface area contributed by atoms with Gasteiger partial charge in [0.15, 0.2) is 5.65 Å². The molecule has 0 radical (unpaired) electrons. The second-order valence-corrected chi connectivity index (χ2v) is 12.7. The fourth-order valence-electron chi connectivity index (χ4n) is 6.22. The molecule has 9 nitrogen and oxygen atoms in total. The number of carbonyl (C=O) groups excluding carboxylic acids is 1. The Labute approximate surface area is 256 Å². The minimum absolute atomic E-state index is 0.00385. The fourth-order valence-corrected chi connectivity index (χ4v) is 7.37. The van der Waals surface area contributed by atoms with Crippen molar-refractivity contribution < 1.29 is 9.18 Å². The van der Waals surface area contributed by atoms with E-state index in [1.54, 1.807) is 36.2 Å². The summed E-state index contributed by atoms with van der Waals surface area (Å²) in [5.41, 5.74) is 2.21.